The molecular formula is C35H48N2O2+2. The third-order valence-electron chi connectivity index (χ3n) is 9.31. The Labute approximate surface area is 235 Å². The second-order valence-electron chi connectivity index (χ2n) is 14.5. The topological polar surface area (TPSA) is 24.5 Å². The van der Waals surface area contributed by atoms with Crippen molar-refractivity contribution in [3.8, 4) is 11.5 Å². The summed E-state index contributed by atoms with van der Waals surface area (Å²) in [6.45, 7) is 18.3. The number of hydrogen-bond donors (Lipinski definition) is 0. The minimum Gasteiger partial charge on any atom is -0.340 e. The van der Waals surface area contributed by atoms with E-state index in [0.717, 1.165) is 24.3 Å². The summed E-state index contributed by atoms with van der Waals surface area (Å²) in [7, 11) is 0. The number of ether oxygens (including phenoxy) is 2. The van der Waals surface area contributed by atoms with E-state index in [1.807, 2.05) is 0 Å². The molecule has 2 aromatic rings. The van der Waals surface area contributed by atoms with Crippen molar-refractivity contribution in [1.82, 2.24) is 0 Å². The number of rotatable bonds is 4. The van der Waals surface area contributed by atoms with Gasteiger partial charge in [-0.05, 0) is 72.3 Å². The van der Waals surface area contributed by atoms with Crippen LogP contribution in [-0.2, 0) is 17.3 Å². The number of fused-ring (bicyclic) bond motifs is 5. The van der Waals surface area contributed by atoms with Crippen molar-refractivity contribution in [1.29, 1.82) is 0 Å². The number of aryl methyl sites for hydroxylation is 2. The quantitative estimate of drug-likeness (QED) is 0.301. The van der Waals surface area contributed by atoms with Gasteiger partial charge in [0.1, 0.15) is 0 Å². The van der Waals surface area contributed by atoms with Gasteiger partial charge in [-0.2, -0.15) is 0 Å². The molecule has 4 heteroatoms. The van der Waals surface area contributed by atoms with Gasteiger partial charge in [0.25, 0.3) is 0 Å². The van der Waals surface area contributed by atoms with Crippen LogP contribution in [0.1, 0.15) is 127 Å². The first-order chi connectivity index (χ1) is 18.4. The van der Waals surface area contributed by atoms with Crippen LogP contribution in [0, 0.1) is 6.92 Å². The Morgan fingerprint density at radius 3 is 2.00 bits per heavy atom. The third-order valence-corrected chi connectivity index (χ3v) is 9.31. The fourth-order valence-corrected chi connectivity index (χ4v) is 7.13. The van der Waals surface area contributed by atoms with Crippen molar-refractivity contribution >= 4 is 12.4 Å². The van der Waals surface area contributed by atoms with Gasteiger partial charge in [0.15, 0.2) is 23.9 Å². The second-order valence-corrected chi connectivity index (χ2v) is 14.5. The maximum absolute atomic E-state index is 7.25. The van der Waals surface area contributed by atoms with E-state index in [1.54, 1.807) is 0 Å². The molecule has 208 valence electrons. The molecule has 0 N–H and O–H groups in total. The molecule has 3 unspecified atom stereocenters. The number of benzene rings is 2. The molecule has 0 aromatic heterocycles. The molecule has 39 heavy (non-hydrogen) atoms. The average molecular weight is 529 g/mol. The van der Waals surface area contributed by atoms with E-state index in [2.05, 4.69) is 101 Å². The van der Waals surface area contributed by atoms with E-state index >= 15 is 0 Å². The van der Waals surface area contributed by atoms with Gasteiger partial charge < -0.3 is 9.47 Å². The SMILES string of the molecule is CCCCCc1cc(C)c2c(c1)C=[N+]1C3CCCCC3[N+]3=Cc4cc(C(C)(C)C)cc(C(C)(C)C)c4OC13O2. The highest BCUT2D eigenvalue weighted by atomic mass is 16.7. The van der Waals surface area contributed by atoms with Crippen LogP contribution in [0.2, 0.25) is 0 Å². The molecule has 4 nitrogen and oxygen atoms in total. The third kappa shape index (κ3) is 4.33. The normalized spacial score (nSPS) is 25.2. The largest absolute Gasteiger partial charge is 0.704 e. The summed E-state index contributed by atoms with van der Waals surface area (Å²) in [5.41, 5.74) is 7.60. The predicted octanol–water partition coefficient (Wildman–Crippen LogP) is 7.61. The molecule has 0 amide bonds. The van der Waals surface area contributed by atoms with Gasteiger partial charge in [0.05, 0.1) is 11.1 Å². The molecule has 0 radical (unpaired) electrons. The Hall–Kier alpha value is -2.62. The molecule has 2 fully saturated rings. The van der Waals surface area contributed by atoms with Gasteiger partial charge in [-0.15, -0.1) is 0 Å². The summed E-state index contributed by atoms with van der Waals surface area (Å²) in [5.74, 6) is 1.94. The highest BCUT2D eigenvalue weighted by molar-refractivity contribution is 5.84. The van der Waals surface area contributed by atoms with E-state index in [-0.39, 0.29) is 10.8 Å². The molecule has 1 aliphatic carbocycles. The molecule has 1 saturated heterocycles. The predicted molar refractivity (Wildman–Crippen MR) is 159 cm³/mol. The summed E-state index contributed by atoms with van der Waals surface area (Å²) in [6.07, 6.45) is 14.5. The van der Waals surface area contributed by atoms with Crippen molar-refractivity contribution in [2.45, 2.75) is 136 Å². The molecule has 3 heterocycles. The minimum absolute atomic E-state index is 0.0580. The fraction of sp³-hybridized carbons (Fsp3) is 0.600. The standard InChI is InChI=1S/C35H48N2O2/c1-9-10-11-14-24-17-23(2)31-25(18-24)21-36-29-15-12-13-16-30(29)37-22-26-19-27(33(3,4)5)20-28(34(6,7)8)32(26)39-35(36,37)38-31/h17-22,29-30H,9-16H2,1-8H3/q+2. The van der Waals surface area contributed by atoms with Crippen LogP contribution < -0.4 is 9.47 Å². The van der Waals surface area contributed by atoms with Crippen LogP contribution in [0.5, 0.6) is 11.5 Å². The summed E-state index contributed by atoms with van der Waals surface area (Å²) in [6, 6.07) is 9.20. The molecule has 6 rings (SSSR count). The Bertz CT molecular complexity index is 1370. The van der Waals surface area contributed by atoms with E-state index < -0.39 is 6.03 Å². The summed E-state index contributed by atoms with van der Waals surface area (Å²) >= 11 is 0. The van der Waals surface area contributed by atoms with Gasteiger partial charge in [0.2, 0.25) is 12.1 Å². The van der Waals surface area contributed by atoms with E-state index in [4.69, 9.17) is 9.47 Å². The van der Waals surface area contributed by atoms with Gasteiger partial charge in [-0.1, -0.05) is 82.6 Å². The van der Waals surface area contributed by atoms with Crippen molar-refractivity contribution in [2.75, 3.05) is 0 Å². The van der Waals surface area contributed by atoms with Gasteiger partial charge in [0, 0.05) is 18.4 Å². The van der Waals surface area contributed by atoms with Gasteiger partial charge >= 0.3 is 6.03 Å². The lowest BCUT2D eigenvalue weighted by Crippen LogP contribution is -2.60. The molecule has 3 atom stereocenters. The van der Waals surface area contributed by atoms with Crippen molar-refractivity contribution in [3.05, 3.63) is 57.6 Å². The zero-order valence-corrected chi connectivity index (χ0v) is 25.5. The Balaban J connectivity index is 1.53. The molecule has 0 bridgehead atoms. The monoisotopic (exact) mass is 528 g/mol. The maximum Gasteiger partial charge on any atom is 0.704 e. The molecule has 4 aliphatic rings. The van der Waals surface area contributed by atoms with E-state index in [0.29, 0.717) is 12.1 Å². The van der Waals surface area contributed by atoms with Crippen LogP contribution in [0.15, 0.2) is 24.3 Å². The van der Waals surface area contributed by atoms with Crippen molar-refractivity contribution < 1.29 is 18.6 Å². The lowest BCUT2D eigenvalue weighted by molar-refractivity contribution is -0.866. The number of nitrogens with zero attached hydrogens (tertiary/aromatic N) is 2. The molecular weight excluding hydrogens is 480 g/mol. The zero-order chi connectivity index (χ0) is 27.7. The number of unbranched alkanes of at least 4 members (excludes halogenated alkanes) is 2. The zero-order valence-electron chi connectivity index (χ0n) is 25.5. The highest BCUT2D eigenvalue weighted by Crippen LogP contribution is 2.48. The summed E-state index contributed by atoms with van der Waals surface area (Å²) < 4.78 is 19.3. The van der Waals surface area contributed by atoms with Crippen LogP contribution in [0.4, 0.5) is 0 Å². The average Bonchev–Trinajstić information content (AvgIpc) is 3.14. The Morgan fingerprint density at radius 1 is 0.795 bits per heavy atom. The first-order valence-electron chi connectivity index (χ1n) is 15.4. The Morgan fingerprint density at radius 2 is 1.41 bits per heavy atom. The maximum atomic E-state index is 7.25. The van der Waals surface area contributed by atoms with E-state index in [1.165, 1.54) is 71.9 Å². The van der Waals surface area contributed by atoms with Gasteiger partial charge in [-0.25, -0.2) is 0 Å². The smallest absolute Gasteiger partial charge is 0.340 e. The lowest BCUT2D eigenvalue weighted by Gasteiger charge is -2.33. The first kappa shape index (κ1) is 26.6. The van der Waals surface area contributed by atoms with Crippen molar-refractivity contribution in [2.24, 2.45) is 0 Å². The lowest BCUT2D eigenvalue weighted by atomic mass is 9.79. The van der Waals surface area contributed by atoms with Crippen LogP contribution >= 0.6 is 0 Å². The molecule has 2 aromatic carbocycles. The molecule has 1 spiro atoms. The van der Waals surface area contributed by atoms with Crippen LogP contribution in [0.25, 0.3) is 0 Å². The second kappa shape index (κ2) is 9.21. The fourth-order valence-electron chi connectivity index (χ4n) is 7.13. The van der Waals surface area contributed by atoms with E-state index in [9.17, 15) is 0 Å². The summed E-state index contributed by atoms with van der Waals surface area (Å²) in [5, 5.41) is 0. The number of hydrogen-bond acceptors (Lipinski definition) is 2. The minimum atomic E-state index is -0.975. The molecule has 3 aliphatic heterocycles. The Kier molecular flexibility index (Phi) is 6.28. The highest BCUT2D eigenvalue weighted by Gasteiger charge is 2.76. The summed E-state index contributed by atoms with van der Waals surface area (Å²) in [4.78, 5) is 0. The van der Waals surface area contributed by atoms with Crippen LogP contribution in [0.3, 0.4) is 0 Å². The first-order valence-corrected chi connectivity index (χ1v) is 15.4. The van der Waals surface area contributed by atoms with Crippen molar-refractivity contribution in [3.63, 3.8) is 0 Å². The van der Waals surface area contributed by atoms with Crippen LogP contribution in [-0.4, -0.2) is 39.7 Å². The van der Waals surface area contributed by atoms with Gasteiger partial charge in [-0.3, -0.25) is 0 Å². The molecule has 1 saturated carbocycles.